The third-order valence-corrected chi connectivity index (χ3v) is 5.83. The van der Waals surface area contributed by atoms with Crippen LogP contribution < -0.4 is 15.1 Å². The molecule has 0 aliphatic carbocycles. The fraction of sp³-hybridized carbons (Fsp3) is 0.522. The summed E-state index contributed by atoms with van der Waals surface area (Å²) < 4.78 is 6.10. The van der Waals surface area contributed by atoms with E-state index in [2.05, 4.69) is 51.3 Å². The van der Waals surface area contributed by atoms with Gasteiger partial charge in [0.15, 0.2) is 5.78 Å². The van der Waals surface area contributed by atoms with Crippen molar-refractivity contribution in [2.75, 3.05) is 31.1 Å². The van der Waals surface area contributed by atoms with E-state index in [1.807, 2.05) is 32.2 Å². The Morgan fingerprint density at radius 2 is 1.93 bits per heavy atom. The van der Waals surface area contributed by atoms with E-state index in [9.17, 15) is 4.79 Å². The maximum absolute atomic E-state index is 12.1. The van der Waals surface area contributed by atoms with Crippen molar-refractivity contribution in [3.05, 3.63) is 47.8 Å². The van der Waals surface area contributed by atoms with Gasteiger partial charge in [0.25, 0.3) is 0 Å². The van der Waals surface area contributed by atoms with Gasteiger partial charge < -0.3 is 9.64 Å². The van der Waals surface area contributed by atoms with E-state index in [0.29, 0.717) is 23.4 Å². The number of anilines is 1. The summed E-state index contributed by atoms with van der Waals surface area (Å²) in [5, 5.41) is 2.28. The van der Waals surface area contributed by atoms with E-state index >= 15 is 0 Å². The molecule has 4 heterocycles. The summed E-state index contributed by atoms with van der Waals surface area (Å²) in [6.07, 6.45) is 3.61. The second-order valence-corrected chi connectivity index (χ2v) is 8.80. The monoisotopic (exact) mass is 409 g/mol. The Bertz CT molecular complexity index is 877. The SMILES string of the molecule is CC(C)C(=O)c1ccc(N2CC(Oc3cc(C4CNN(C(C)C)C4)ccn3)C2)nc1. The van der Waals surface area contributed by atoms with Gasteiger partial charge in [0.05, 0.1) is 13.1 Å². The summed E-state index contributed by atoms with van der Waals surface area (Å²) in [4.78, 5) is 23.1. The predicted octanol–water partition coefficient (Wildman–Crippen LogP) is 2.90. The quantitative estimate of drug-likeness (QED) is 0.705. The van der Waals surface area contributed by atoms with Gasteiger partial charge in [-0.15, -0.1) is 0 Å². The Morgan fingerprint density at radius 3 is 2.57 bits per heavy atom. The van der Waals surface area contributed by atoms with E-state index in [1.165, 1.54) is 5.56 Å². The summed E-state index contributed by atoms with van der Waals surface area (Å²) in [7, 11) is 0. The van der Waals surface area contributed by atoms with Crippen LogP contribution in [0.3, 0.4) is 0 Å². The fourth-order valence-electron chi connectivity index (χ4n) is 3.88. The zero-order chi connectivity index (χ0) is 21.3. The average Bonchev–Trinajstić information content (AvgIpc) is 3.21. The van der Waals surface area contributed by atoms with E-state index in [4.69, 9.17) is 4.74 Å². The number of hydrazine groups is 1. The van der Waals surface area contributed by atoms with Crippen molar-refractivity contribution in [2.24, 2.45) is 5.92 Å². The molecule has 0 radical (unpaired) electrons. The van der Waals surface area contributed by atoms with Crippen LogP contribution >= 0.6 is 0 Å². The molecule has 0 amide bonds. The number of carbonyl (C=O) groups excluding carboxylic acids is 1. The topological polar surface area (TPSA) is 70.6 Å². The molecule has 7 heteroatoms. The molecular formula is C23H31N5O2. The first-order chi connectivity index (χ1) is 14.4. The lowest BCUT2D eigenvalue weighted by Gasteiger charge is -2.39. The molecule has 0 aromatic carbocycles. The molecule has 2 aliphatic rings. The molecule has 2 fully saturated rings. The second kappa shape index (κ2) is 8.70. The van der Waals surface area contributed by atoms with E-state index in [0.717, 1.165) is 32.0 Å². The molecule has 2 saturated heterocycles. The summed E-state index contributed by atoms with van der Waals surface area (Å²) >= 11 is 0. The number of aromatic nitrogens is 2. The minimum Gasteiger partial charge on any atom is -0.471 e. The molecule has 7 nitrogen and oxygen atoms in total. The molecule has 30 heavy (non-hydrogen) atoms. The molecule has 1 unspecified atom stereocenters. The maximum atomic E-state index is 12.1. The van der Waals surface area contributed by atoms with E-state index in [-0.39, 0.29) is 17.8 Å². The summed E-state index contributed by atoms with van der Waals surface area (Å²) in [5.74, 6) is 2.12. The predicted molar refractivity (Wildman–Crippen MR) is 117 cm³/mol. The van der Waals surface area contributed by atoms with Crippen LogP contribution in [0, 0.1) is 5.92 Å². The number of ketones is 1. The number of rotatable bonds is 7. The minimum atomic E-state index is -0.0174. The van der Waals surface area contributed by atoms with Gasteiger partial charge in [-0.1, -0.05) is 13.8 Å². The highest BCUT2D eigenvalue weighted by Gasteiger charge is 2.31. The fourth-order valence-corrected chi connectivity index (χ4v) is 3.88. The van der Waals surface area contributed by atoms with Gasteiger partial charge in [-0.25, -0.2) is 15.0 Å². The van der Waals surface area contributed by atoms with Crippen LogP contribution in [0.25, 0.3) is 0 Å². The highest BCUT2D eigenvalue weighted by molar-refractivity contribution is 5.97. The Hall–Kier alpha value is -2.51. The standard InChI is InChI=1S/C23H31N5O2/c1-15(2)23(29)18-5-6-21(25-10-18)27-13-20(14-27)30-22-9-17(7-8-24-22)19-11-26-28(12-19)16(3)4/h5-10,15-16,19-20,26H,11-14H2,1-4H3. The molecule has 0 bridgehead atoms. The maximum Gasteiger partial charge on any atom is 0.213 e. The molecule has 2 aromatic heterocycles. The molecule has 2 aromatic rings. The lowest BCUT2D eigenvalue weighted by molar-refractivity contribution is 0.0939. The molecule has 4 rings (SSSR count). The number of pyridine rings is 2. The Balaban J connectivity index is 1.31. The Kier molecular flexibility index (Phi) is 6.01. The summed E-state index contributed by atoms with van der Waals surface area (Å²) in [6, 6.07) is 8.42. The van der Waals surface area contributed by atoms with Gasteiger partial charge in [0.1, 0.15) is 11.9 Å². The first-order valence-corrected chi connectivity index (χ1v) is 10.8. The Labute approximate surface area is 178 Å². The normalized spacial score (nSPS) is 20.1. The van der Waals surface area contributed by atoms with Crippen LogP contribution in [-0.2, 0) is 0 Å². The summed E-state index contributed by atoms with van der Waals surface area (Å²) in [5.41, 5.74) is 5.40. The van der Waals surface area contributed by atoms with Crippen molar-refractivity contribution in [3.63, 3.8) is 0 Å². The van der Waals surface area contributed by atoms with Gasteiger partial charge in [0.2, 0.25) is 5.88 Å². The first kappa shape index (κ1) is 20.8. The number of nitrogens with one attached hydrogen (secondary N) is 1. The van der Waals surface area contributed by atoms with Crippen molar-refractivity contribution in [2.45, 2.75) is 45.8 Å². The zero-order valence-corrected chi connectivity index (χ0v) is 18.2. The molecule has 0 spiro atoms. The Morgan fingerprint density at radius 1 is 1.13 bits per heavy atom. The minimum absolute atomic E-state index is 0.0174. The largest absolute Gasteiger partial charge is 0.471 e. The van der Waals surface area contributed by atoms with Crippen molar-refractivity contribution in [1.29, 1.82) is 0 Å². The van der Waals surface area contributed by atoms with Crippen LogP contribution in [0.15, 0.2) is 36.7 Å². The van der Waals surface area contributed by atoms with E-state index in [1.54, 1.807) is 6.20 Å². The molecule has 0 saturated carbocycles. The first-order valence-electron chi connectivity index (χ1n) is 10.8. The van der Waals surface area contributed by atoms with Gasteiger partial charge >= 0.3 is 0 Å². The van der Waals surface area contributed by atoms with Crippen molar-refractivity contribution in [3.8, 4) is 5.88 Å². The van der Waals surface area contributed by atoms with Crippen molar-refractivity contribution < 1.29 is 9.53 Å². The van der Waals surface area contributed by atoms with Crippen LogP contribution in [0.2, 0.25) is 0 Å². The van der Waals surface area contributed by atoms with Crippen molar-refractivity contribution in [1.82, 2.24) is 20.4 Å². The number of ether oxygens (including phenoxy) is 1. The lowest BCUT2D eigenvalue weighted by atomic mass is 10.0. The number of Topliss-reactive ketones (excluding diaryl/α,β-unsaturated/α-hetero) is 1. The third kappa shape index (κ3) is 4.47. The van der Waals surface area contributed by atoms with Crippen LogP contribution in [0.5, 0.6) is 5.88 Å². The molecular weight excluding hydrogens is 378 g/mol. The molecule has 1 N–H and O–H groups in total. The van der Waals surface area contributed by atoms with E-state index < -0.39 is 0 Å². The zero-order valence-electron chi connectivity index (χ0n) is 18.2. The van der Waals surface area contributed by atoms with Crippen LogP contribution in [0.1, 0.15) is 49.5 Å². The van der Waals surface area contributed by atoms with Gasteiger partial charge in [-0.05, 0) is 37.6 Å². The smallest absolute Gasteiger partial charge is 0.213 e. The molecule has 1 atom stereocenters. The number of hydrogen-bond donors (Lipinski definition) is 1. The molecule has 160 valence electrons. The highest BCUT2D eigenvalue weighted by Crippen LogP contribution is 2.26. The van der Waals surface area contributed by atoms with Gasteiger partial charge in [0, 0.05) is 55.0 Å². The van der Waals surface area contributed by atoms with Crippen LogP contribution in [-0.4, -0.2) is 59.1 Å². The lowest BCUT2D eigenvalue weighted by Crippen LogP contribution is -2.54. The number of hydrogen-bond acceptors (Lipinski definition) is 7. The van der Waals surface area contributed by atoms with Gasteiger partial charge in [-0.2, -0.15) is 0 Å². The second-order valence-electron chi connectivity index (χ2n) is 8.80. The highest BCUT2D eigenvalue weighted by atomic mass is 16.5. The number of carbonyl (C=O) groups is 1. The third-order valence-electron chi connectivity index (χ3n) is 5.83. The van der Waals surface area contributed by atoms with Crippen LogP contribution in [0.4, 0.5) is 5.82 Å². The molecule has 2 aliphatic heterocycles. The van der Waals surface area contributed by atoms with Crippen molar-refractivity contribution >= 4 is 11.6 Å². The van der Waals surface area contributed by atoms with Gasteiger partial charge in [-0.3, -0.25) is 10.2 Å². The summed E-state index contributed by atoms with van der Waals surface area (Å²) in [6.45, 7) is 11.7. The average molecular weight is 410 g/mol. The number of nitrogens with zero attached hydrogens (tertiary/aromatic N) is 4.